The van der Waals surface area contributed by atoms with Crippen molar-refractivity contribution in [3.63, 3.8) is 0 Å². The Balaban J connectivity index is 1.73. The number of rotatable bonds is 4. The first-order valence-electron chi connectivity index (χ1n) is 6.66. The molecule has 0 saturated carbocycles. The van der Waals surface area contributed by atoms with E-state index in [4.69, 9.17) is 0 Å². The predicted octanol–water partition coefficient (Wildman–Crippen LogP) is 2.14. The maximum atomic E-state index is 12.1. The van der Waals surface area contributed by atoms with Gasteiger partial charge in [-0.05, 0) is 26.8 Å². The maximum absolute atomic E-state index is 12.1. The van der Waals surface area contributed by atoms with Crippen LogP contribution in [0.5, 0.6) is 0 Å². The van der Waals surface area contributed by atoms with E-state index in [1.54, 1.807) is 0 Å². The van der Waals surface area contributed by atoms with E-state index in [2.05, 4.69) is 25.3 Å². The lowest BCUT2D eigenvalue weighted by atomic mass is 10.3. The Bertz CT molecular complexity index is 736. The molecule has 1 aliphatic rings. The second-order valence-electron chi connectivity index (χ2n) is 4.87. The Morgan fingerprint density at radius 2 is 1.95 bits per heavy atom. The van der Waals surface area contributed by atoms with Crippen molar-refractivity contribution in [1.82, 2.24) is 20.2 Å². The number of aryl methyl sites for hydroxylation is 3. The summed E-state index contributed by atoms with van der Waals surface area (Å²) in [4.78, 5) is 20.7. The van der Waals surface area contributed by atoms with Crippen molar-refractivity contribution in [2.45, 2.75) is 31.5 Å². The predicted molar refractivity (Wildman–Crippen MR) is 86.4 cm³/mol. The summed E-state index contributed by atoms with van der Waals surface area (Å²) in [6, 6.07) is 1.86. The molecule has 0 N–H and O–H groups in total. The summed E-state index contributed by atoms with van der Waals surface area (Å²) >= 11 is 3.07. The Morgan fingerprint density at radius 3 is 2.59 bits per heavy atom. The zero-order chi connectivity index (χ0) is 15.7. The molecule has 1 amide bonds. The molecule has 0 aliphatic carbocycles. The van der Waals surface area contributed by atoms with Gasteiger partial charge >= 0.3 is 0 Å². The molecule has 1 aliphatic heterocycles. The van der Waals surface area contributed by atoms with Crippen molar-refractivity contribution in [3.8, 4) is 0 Å². The molecular formula is C13H14N6OS2. The second kappa shape index (κ2) is 6.09. The van der Waals surface area contributed by atoms with Crippen LogP contribution in [0.2, 0.25) is 0 Å². The van der Waals surface area contributed by atoms with Gasteiger partial charge in [-0.25, -0.2) is 9.97 Å². The first-order valence-corrected chi connectivity index (χ1v) is 8.46. The van der Waals surface area contributed by atoms with E-state index in [1.165, 1.54) is 28.1 Å². The zero-order valence-corrected chi connectivity index (χ0v) is 14.0. The maximum Gasteiger partial charge on any atom is 0.255 e. The van der Waals surface area contributed by atoms with Gasteiger partial charge in [0.05, 0.1) is 12.1 Å². The van der Waals surface area contributed by atoms with Crippen LogP contribution in [0.25, 0.3) is 0 Å². The van der Waals surface area contributed by atoms with Gasteiger partial charge in [-0.2, -0.15) is 10.1 Å². The lowest BCUT2D eigenvalue weighted by molar-refractivity contribution is -0.117. The average Bonchev–Trinajstić information content (AvgIpc) is 3.01. The third-order valence-corrected chi connectivity index (χ3v) is 4.91. The highest BCUT2D eigenvalue weighted by Gasteiger charge is 2.27. The summed E-state index contributed by atoms with van der Waals surface area (Å²) in [6.07, 6.45) is 0.293. The molecule has 9 heteroatoms. The van der Waals surface area contributed by atoms with Gasteiger partial charge in [0.2, 0.25) is 0 Å². The third-order valence-electron chi connectivity index (χ3n) is 2.86. The van der Waals surface area contributed by atoms with Gasteiger partial charge in [-0.15, -0.1) is 10.2 Å². The summed E-state index contributed by atoms with van der Waals surface area (Å²) in [5.41, 5.74) is 2.43. The number of hydrazone groups is 1. The van der Waals surface area contributed by atoms with Crippen molar-refractivity contribution in [1.29, 1.82) is 0 Å². The minimum atomic E-state index is -0.103. The summed E-state index contributed by atoms with van der Waals surface area (Å²) < 4.78 is 0.883. The van der Waals surface area contributed by atoms with E-state index in [0.717, 1.165) is 26.4 Å². The van der Waals surface area contributed by atoms with Gasteiger partial charge in [-0.1, -0.05) is 23.1 Å². The van der Waals surface area contributed by atoms with Crippen LogP contribution in [0.1, 0.15) is 22.8 Å². The average molecular weight is 334 g/mol. The topological polar surface area (TPSA) is 84.2 Å². The molecule has 0 bridgehead atoms. The van der Waals surface area contributed by atoms with E-state index in [9.17, 15) is 4.79 Å². The quantitative estimate of drug-likeness (QED) is 0.797. The van der Waals surface area contributed by atoms with Crippen LogP contribution in [0.4, 0.5) is 5.95 Å². The number of carbonyl (C=O) groups is 1. The number of amides is 1. The van der Waals surface area contributed by atoms with Crippen molar-refractivity contribution in [2.75, 3.05) is 10.8 Å². The smallest absolute Gasteiger partial charge is 0.255 e. The Morgan fingerprint density at radius 1 is 1.23 bits per heavy atom. The van der Waals surface area contributed by atoms with E-state index < -0.39 is 0 Å². The van der Waals surface area contributed by atoms with E-state index in [-0.39, 0.29) is 5.91 Å². The SMILES string of the molecule is Cc1cc(C)nc(N2N=C(CSc3nnc(C)s3)CC2=O)n1. The number of hydrogen-bond donors (Lipinski definition) is 0. The fourth-order valence-electron chi connectivity index (χ4n) is 2.00. The highest BCUT2D eigenvalue weighted by atomic mass is 32.2. The van der Waals surface area contributed by atoms with Crippen LogP contribution in [0.15, 0.2) is 15.5 Å². The second-order valence-corrected chi connectivity index (χ2v) is 7.28. The fourth-order valence-corrected chi connectivity index (χ4v) is 3.74. The van der Waals surface area contributed by atoms with Gasteiger partial charge in [0.15, 0.2) is 4.34 Å². The summed E-state index contributed by atoms with van der Waals surface area (Å²) in [5.74, 6) is 0.852. The van der Waals surface area contributed by atoms with E-state index in [0.29, 0.717) is 18.1 Å². The minimum absolute atomic E-state index is 0.103. The van der Waals surface area contributed by atoms with Crippen LogP contribution in [0, 0.1) is 20.8 Å². The Labute approximate surface area is 135 Å². The summed E-state index contributed by atoms with van der Waals surface area (Å²) in [5, 5.41) is 14.6. The molecule has 22 heavy (non-hydrogen) atoms. The van der Waals surface area contributed by atoms with E-state index >= 15 is 0 Å². The molecule has 0 saturated heterocycles. The zero-order valence-electron chi connectivity index (χ0n) is 12.4. The standard InChI is InChI=1S/C13H14N6OS2/c1-7-4-8(2)15-12(14-7)19-11(20)5-10(18-19)6-21-13-17-16-9(3)22-13/h4H,5-6H2,1-3H3. The van der Waals surface area contributed by atoms with Crippen LogP contribution in [-0.4, -0.2) is 37.5 Å². The number of hydrogen-bond acceptors (Lipinski definition) is 8. The van der Waals surface area contributed by atoms with Crippen LogP contribution >= 0.6 is 23.1 Å². The number of thioether (sulfide) groups is 1. The van der Waals surface area contributed by atoms with Gasteiger partial charge in [0.1, 0.15) is 5.01 Å². The highest BCUT2D eigenvalue weighted by Crippen LogP contribution is 2.25. The number of nitrogens with zero attached hydrogens (tertiary/aromatic N) is 6. The molecule has 0 aromatic carbocycles. The van der Waals surface area contributed by atoms with Gasteiger partial charge < -0.3 is 0 Å². The molecule has 3 heterocycles. The monoisotopic (exact) mass is 334 g/mol. The molecule has 3 rings (SSSR count). The lowest BCUT2D eigenvalue weighted by Crippen LogP contribution is -2.22. The molecule has 114 valence electrons. The highest BCUT2D eigenvalue weighted by molar-refractivity contribution is 8.01. The first-order chi connectivity index (χ1) is 10.5. The van der Waals surface area contributed by atoms with E-state index in [1.807, 2.05) is 26.8 Å². The number of carbonyl (C=O) groups excluding carboxylic acids is 1. The van der Waals surface area contributed by atoms with Gasteiger partial charge in [0.25, 0.3) is 11.9 Å². The lowest BCUT2D eigenvalue weighted by Gasteiger charge is -2.10. The molecule has 0 fully saturated rings. The molecule has 7 nitrogen and oxygen atoms in total. The molecule has 0 radical (unpaired) electrons. The van der Waals surface area contributed by atoms with Crippen LogP contribution < -0.4 is 5.01 Å². The molecule has 0 atom stereocenters. The van der Waals surface area contributed by atoms with Gasteiger partial charge in [-0.3, -0.25) is 4.79 Å². The van der Waals surface area contributed by atoms with Crippen molar-refractivity contribution < 1.29 is 4.79 Å². The summed E-state index contributed by atoms with van der Waals surface area (Å²) in [6.45, 7) is 5.66. The molecule has 2 aromatic heterocycles. The molecular weight excluding hydrogens is 320 g/mol. The minimum Gasteiger partial charge on any atom is -0.272 e. The third kappa shape index (κ3) is 3.30. The van der Waals surface area contributed by atoms with Crippen LogP contribution in [0.3, 0.4) is 0 Å². The number of anilines is 1. The fraction of sp³-hybridized carbons (Fsp3) is 0.385. The largest absolute Gasteiger partial charge is 0.272 e. The van der Waals surface area contributed by atoms with Crippen molar-refractivity contribution in [3.05, 3.63) is 22.5 Å². The summed E-state index contributed by atoms with van der Waals surface area (Å²) in [7, 11) is 0. The Hall–Kier alpha value is -1.87. The molecule has 0 unspecified atom stereocenters. The van der Waals surface area contributed by atoms with Crippen LogP contribution in [-0.2, 0) is 4.79 Å². The number of aromatic nitrogens is 4. The van der Waals surface area contributed by atoms with Crippen molar-refractivity contribution in [2.24, 2.45) is 5.10 Å². The Kier molecular flexibility index (Phi) is 4.16. The normalized spacial score (nSPS) is 14.6. The van der Waals surface area contributed by atoms with Gasteiger partial charge in [0, 0.05) is 17.1 Å². The van der Waals surface area contributed by atoms with Crippen molar-refractivity contribution >= 4 is 40.7 Å². The molecule has 2 aromatic rings. The first kappa shape index (κ1) is 15.0. The molecule has 0 spiro atoms.